The predicted molar refractivity (Wildman–Crippen MR) is 64.1 cm³/mol. The number of aromatic nitrogens is 1. The molecule has 0 fully saturated rings. The lowest BCUT2D eigenvalue weighted by Gasteiger charge is -2.05. The monoisotopic (exact) mass is 221 g/mol. The number of amides is 1. The number of hydrogen-bond acceptors (Lipinski definition) is 3. The number of pyridine rings is 1. The van der Waals surface area contributed by atoms with Crippen LogP contribution < -0.4 is 11.1 Å². The third-order valence-corrected chi connectivity index (χ3v) is 2.25. The summed E-state index contributed by atoms with van der Waals surface area (Å²) in [6, 6.07) is 4.03. The fourth-order valence-corrected chi connectivity index (χ4v) is 1.62. The molecule has 4 nitrogen and oxygen atoms in total. The van der Waals surface area contributed by atoms with Crippen LogP contribution >= 0.6 is 0 Å². The summed E-state index contributed by atoms with van der Waals surface area (Å²) in [5, 5.41) is 2.75. The maximum Gasteiger partial charge on any atom is 0.220 e. The summed E-state index contributed by atoms with van der Waals surface area (Å²) < 4.78 is 0. The standard InChI is InChI=1S/C12H19N3O/c1-9-7-11(8-10(2)15-9)3-4-12(16)14-6-5-13/h7-8H,3-6,13H2,1-2H3,(H,14,16). The summed E-state index contributed by atoms with van der Waals surface area (Å²) in [6.07, 6.45) is 1.25. The Morgan fingerprint density at radius 2 is 2.00 bits per heavy atom. The number of carbonyl (C=O) groups is 1. The molecule has 0 bridgehead atoms. The molecule has 0 spiro atoms. The van der Waals surface area contributed by atoms with Crippen molar-refractivity contribution >= 4 is 5.91 Å². The molecule has 0 atom stereocenters. The third kappa shape index (κ3) is 4.40. The second-order valence-corrected chi connectivity index (χ2v) is 3.90. The number of nitrogens with two attached hydrogens (primary N) is 1. The molecule has 0 saturated heterocycles. The van der Waals surface area contributed by atoms with Crippen molar-refractivity contribution in [2.45, 2.75) is 26.7 Å². The number of nitrogens with zero attached hydrogens (tertiary/aromatic N) is 1. The van der Waals surface area contributed by atoms with Gasteiger partial charge in [0.05, 0.1) is 0 Å². The Balaban J connectivity index is 2.45. The van der Waals surface area contributed by atoms with E-state index in [2.05, 4.69) is 10.3 Å². The highest BCUT2D eigenvalue weighted by atomic mass is 16.1. The van der Waals surface area contributed by atoms with Crippen LogP contribution in [-0.2, 0) is 11.2 Å². The zero-order valence-electron chi connectivity index (χ0n) is 9.92. The molecule has 0 aliphatic heterocycles. The first kappa shape index (κ1) is 12.6. The quantitative estimate of drug-likeness (QED) is 0.769. The van der Waals surface area contributed by atoms with Crippen LogP contribution in [0.15, 0.2) is 12.1 Å². The number of aryl methyl sites for hydroxylation is 3. The van der Waals surface area contributed by atoms with E-state index in [0.717, 1.165) is 23.4 Å². The molecule has 88 valence electrons. The SMILES string of the molecule is Cc1cc(CCC(=O)NCCN)cc(C)n1. The van der Waals surface area contributed by atoms with E-state index in [4.69, 9.17) is 5.73 Å². The Labute approximate surface area is 96.3 Å². The minimum Gasteiger partial charge on any atom is -0.355 e. The van der Waals surface area contributed by atoms with Crippen molar-refractivity contribution in [2.24, 2.45) is 5.73 Å². The molecule has 1 amide bonds. The topological polar surface area (TPSA) is 68.0 Å². The highest BCUT2D eigenvalue weighted by Crippen LogP contribution is 2.07. The summed E-state index contributed by atoms with van der Waals surface area (Å²) >= 11 is 0. The van der Waals surface area contributed by atoms with Gasteiger partial charge in [-0.3, -0.25) is 9.78 Å². The average Bonchev–Trinajstić information content (AvgIpc) is 2.22. The summed E-state index contributed by atoms with van der Waals surface area (Å²) in [5.41, 5.74) is 8.46. The van der Waals surface area contributed by atoms with E-state index in [-0.39, 0.29) is 5.91 Å². The molecule has 0 radical (unpaired) electrons. The van der Waals surface area contributed by atoms with Crippen molar-refractivity contribution in [1.29, 1.82) is 0 Å². The zero-order valence-corrected chi connectivity index (χ0v) is 9.92. The van der Waals surface area contributed by atoms with E-state index in [0.29, 0.717) is 19.5 Å². The molecule has 4 heteroatoms. The van der Waals surface area contributed by atoms with Crippen LogP contribution in [0.2, 0.25) is 0 Å². The Hall–Kier alpha value is -1.42. The van der Waals surface area contributed by atoms with E-state index in [9.17, 15) is 4.79 Å². The fraction of sp³-hybridized carbons (Fsp3) is 0.500. The van der Waals surface area contributed by atoms with E-state index in [1.54, 1.807) is 0 Å². The zero-order chi connectivity index (χ0) is 12.0. The molecule has 0 aromatic carbocycles. The third-order valence-electron chi connectivity index (χ3n) is 2.25. The van der Waals surface area contributed by atoms with Crippen molar-refractivity contribution < 1.29 is 4.79 Å². The lowest BCUT2D eigenvalue weighted by molar-refractivity contribution is -0.120. The van der Waals surface area contributed by atoms with Gasteiger partial charge < -0.3 is 11.1 Å². The average molecular weight is 221 g/mol. The van der Waals surface area contributed by atoms with Crippen molar-refractivity contribution in [3.8, 4) is 0 Å². The normalized spacial score (nSPS) is 10.2. The van der Waals surface area contributed by atoms with Gasteiger partial charge in [0.15, 0.2) is 0 Å². The van der Waals surface area contributed by atoms with Gasteiger partial charge in [-0.15, -0.1) is 0 Å². The van der Waals surface area contributed by atoms with Crippen LogP contribution in [0.5, 0.6) is 0 Å². The Kier molecular flexibility index (Phi) is 4.92. The first-order valence-electron chi connectivity index (χ1n) is 5.52. The number of nitrogens with one attached hydrogen (secondary N) is 1. The summed E-state index contributed by atoms with van der Waals surface area (Å²) in [7, 11) is 0. The molecule has 1 aromatic heterocycles. The van der Waals surface area contributed by atoms with Crippen LogP contribution in [-0.4, -0.2) is 24.0 Å². The minimum absolute atomic E-state index is 0.0533. The van der Waals surface area contributed by atoms with Crippen molar-refractivity contribution in [1.82, 2.24) is 10.3 Å². The fourth-order valence-electron chi connectivity index (χ4n) is 1.62. The molecule has 0 aliphatic rings. The highest BCUT2D eigenvalue weighted by Gasteiger charge is 2.02. The lowest BCUT2D eigenvalue weighted by atomic mass is 10.1. The van der Waals surface area contributed by atoms with Gasteiger partial charge in [-0.1, -0.05) is 0 Å². The van der Waals surface area contributed by atoms with Gasteiger partial charge in [-0.25, -0.2) is 0 Å². The molecule has 1 heterocycles. The Morgan fingerprint density at radius 3 is 2.56 bits per heavy atom. The van der Waals surface area contributed by atoms with Gasteiger partial charge in [0, 0.05) is 30.9 Å². The molecule has 0 aliphatic carbocycles. The Morgan fingerprint density at radius 1 is 1.38 bits per heavy atom. The maximum absolute atomic E-state index is 11.4. The van der Waals surface area contributed by atoms with Crippen LogP contribution in [0.25, 0.3) is 0 Å². The number of hydrogen-bond donors (Lipinski definition) is 2. The van der Waals surface area contributed by atoms with Crippen LogP contribution in [0.3, 0.4) is 0 Å². The summed E-state index contributed by atoms with van der Waals surface area (Å²) in [4.78, 5) is 15.7. The van der Waals surface area contributed by atoms with Crippen molar-refractivity contribution in [2.75, 3.05) is 13.1 Å². The van der Waals surface area contributed by atoms with Crippen LogP contribution in [0, 0.1) is 13.8 Å². The van der Waals surface area contributed by atoms with Crippen molar-refractivity contribution in [3.05, 3.63) is 29.1 Å². The largest absolute Gasteiger partial charge is 0.355 e. The van der Waals surface area contributed by atoms with E-state index in [1.807, 2.05) is 26.0 Å². The summed E-state index contributed by atoms with van der Waals surface area (Å²) in [5.74, 6) is 0.0533. The van der Waals surface area contributed by atoms with E-state index < -0.39 is 0 Å². The van der Waals surface area contributed by atoms with Gasteiger partial charge >= 0.3 is 0 Å². The van der Waals surface area contributed by atoms with Gasteiger partial charge in [0.25, 0.3) is 0 Å². The second kappa shape index (κ2) is 6.23. The number of carbonyl (C=O) groups excluding carboxylic acids is 1. The van der Waals surface area contributed by atoms with Gasteiger partial charge in [0.2, 0.25) is 5.91 Å². The molecule has 0 unspecified atom stereocenters. The molecule has 16 heavy (non-hydrogen) atoms. The lowest BCUT2D eigenvalue weighted by Crippen LogP contribution is -2.29. The van der Waals surface area contributed by atoms with Crippen molar-refractivity contribution in [3.63, 3.8) is 0 Å². The molecular formula is C12H19N3O. The van der Waals surface area contributed by atoms with Gasteiger partial charge in [-0.05, 0) is 38.0 Å². The van der Waals surface area contributed by atoms with Gasteiger partial charge in [-0.2, -0.15) is 0 Å². The van der Waals surface area contributed by atoms with Gasteiger partial charge in [0.1, 0.15) is 0 Å². The van der Waals surface area contributed by atoms with Crippen LogP contribution in [0.1, 0.15) is 23.4 Å². The molecule has 0 saturated carbocycles. The first-order chi connectivity index (χ1) is 7.61. The Bertz CT molecular complexity index is 343. The smallest absolute Gasteiger partial charge is 0.220 e. The van der Waals surface area contributed by atoms with E-state index >= 15 is 0 Å². The minimum atomic E-state index is 0.0533. The number of rotatable bonds is 5. The predicted octanol–water partition coefficient (Wildman–Crippen LogP) is 0.706. The molecule has 3 N–H and O–H groups in total. The van der Waals surface area contributed by atoms with E-state index in [1.165, 1.54) is 0 Å². The molecule has 1 aromatic rings. The highest BCUT2D eigenvalue weighted by molar-refractivity contribution is 5.76. The first-order valence-corrected chi connectivity index (χ1v) is 5.52. The second-order valence-electron chi connectivity index (χ2n) is 3.90. The molecule has 1 rings (SSSR count). The maximum atomic E-state index is 11.4. The summed E-state index contributed by atoms with van der Waals surface area (Å²) in [6.45, 7) is 4.96. The molecular weight excluding hydrogens is 202 g/mol. The van der Waals surface area contributed by atoms with Crippen LogP contribution in [0.4, 0.5) is 0 Å².